The maximum absolute atomic E-state index is 12.4. The number of aromatic nitrogens is 1. The number of hydrogen-bond acceptors (Lipinski definition) is 5. The van der Waals surface area contributed by atoms with E-state index >= 15 is 0 Å². The zero-order chi connectivity index (χ0) is 18.0. The van der Waals surface area contributed by atoms with Gasteiger partial charge in [0.1, 0.15) is 0 Å². The van der Waals surface area contributed by atoms with E-state index in [0.29, 0.717) is 16.9 Å². The minimum absolute atomic E-state index is 0.0301. The molecule has 1 amide bonds. The Morgan fingerprint density at radius 3 is 2.60 bits per heavy atom. The molecule has 6 nitrogen and oxygen atoms in total. The highest BCUT2D eigenvalue weighted by Gasteiger charge is 2.12. The molecule has 3 aromatic rings. The zero-order valence-electron chi connectivity index (χ0n) is 13.6. The van der Waals surface area contributed by atoms with Gasteiger partial charge in [-0.15, -0.1) is 11.8 Å². The Bertz CT molecular complexity index is 1020. The van der Waals surface area contributed by atoms with E-state index in [1.165, 1.54) is 23.5 Å². The SMILES string of the molecule is CCn1c(=NC(=O)c2ccc(SC)cc2)sc2cc([N+](=O)[O-])ccc21. The van der Waals surface area contributed by atoms with Crippen LogP contribution in [0.5, 0.6) is 0 Å². The van der Waals surface area contributed by atoms with Gasteiger partial charge in [0.25, 0.3) is 11.6 Å². The number of hydrogen-bond donors (Lipinski definition) is 0. The molecule has 25 heavy (non-hydrogen) atoms. The first kappa shape index (κ1) is 17.4. The highest BCUT2D eigenvalue weighted by Crippen LogP contribution is 2.23. The summed E-state index contributed by atoms with van der Waals surface area (Å²) in [6.07, 6.45) is 1.97. The number of aryl methyl sites for hydroxylation is 1. The average Bonchev–Trinajstić information content (AvgIpc) is 2.97. The van der Waals surface area contributed by atoms with E-state index in [-0.39, 0.29) is 11.6 Å². The minimum atomic E-state index is -0.426. The normalized spacial score (nSPS) is 11.8. The second-order valence-corrected chi connectivity index (χ2v) is 7.07. The van der Waals surface area contributed by atoms with Crippen LogP contribution in [-0.4, -0.2) is 21.7 Å². The molecular formula is C17H15N3O3S2. The highest BCUT2D eigenvalue weighted by atomic mass is 32.2. The fourth-order valence-electron chi connectivity index (χ4n) is 2.45. The van der Waals surface area contributed by atoms with Gasteiger partial charge in [0.05, 0.1) is 15.1 Å². The maximum Gasteiger partial charge on any atom is 0.279 e. The molecule has 0 aliphatic heterocycles. The quantitative estimate of drug-likeness (QED) is 0.392. The van der Waals surface area contributed by atoms with Gasteiger partial charge >= 0.3 is 0 Å². The van der Waals surface area contributed by atoms with Crippen LogP contribution in [0.4, 0.5) is 5.69 Å². The molecule has 0 bridgehead atoms. The van der Waals surface area contributed by atoms with Gasteiger partial charge in [-0.1, -0.05) is 11.3 Å². The molecule has 1 heterocycles. The molecule has 0 spiro atoms. The van der Waals surface area contributed by atoms with E-state index < -0.39 is 4.92 Å². The number of nitro benzene ring substituents is 1. The molecule has 8 heteroatoms. The van der Waals surface area contributed by atoms with Crippen molar-refractivity contribution in [3.05, 3.63) is 62.9 Å². The first-order valence-electron chi connectivity index (χ1n) is 7.54. The Morgan fingerprint density at radius 2 is 2.00 bits per heavy atom. The maximum atomic E-state index is 12.4. The van der Waals surface area contributed by atoms with E-state index in [1.807, 2.05) is 29.9 Å². The van der Waals surface area contributed by atoms with E-state index in [2.05, 4.69) is 4.99 Å². The monoisotopic (exact) mass is 373 g/mol. The number of thiazole rings is 1. The number of benzene rings is 2. The number of rotatable bonds is 4. The number of fused-ring (bicyclic) bond motifs is 1. The third-order valence-corrected chi connectivity index (χ3v) is 5.51. The molecule has 0 atom stereocenters. The fourth-order valence-corrected chi connectivity index (χ4v) is 3.99. The van der Waals surface area contributed by atoms with Crippen molar-refractivity contribution in [2.24, 2.45) is 4.99 Å². The molecule has 128 valence electrons. The van der Waals surface area contributed by atoms with Crippen LogP contribution in [0.2, 0.25) is 0 Å². The molecular weight excluding hydrogens is 358 g/mol. The third kappa shape index (κ3) is 3.49. The lowest BCUT2D eigenvalue weighted by atomic mass is 10.2. The van der Waals surface area contributed by atoms with Crippen LogP contribution in [0.15, 0.2) is 52.4 Å². The summed E-state index contributed by atoms with van der Waals surface area (Å²) >= 11 is 2.88. The van der Waals surface area contributed by atoms with Gasteiger partial charge in [-0.2, -0.15) is 4.99 Å². The average molecular weight is 373 g/mol. The largest absolute Gasteiger partial charge is 0.317 e. The van der Waals surface area contributed by atoms with Gasteiger partial charge in [0.2, 0.25) is 0 Å². The summed E-state index contributed by atoms with van der Waals surface area (Å²) < 4.78 is 2.62. The second kappa shape index (κ2) is 7.20. The van der Waals surface area contributed by atoms with E-state index in [9.17, 15) is 14.9 Å². The molecule has 0 aliphatic carbocycles. The number of amides is 1. The Balaban J connectivity index is 2.07. The lowest BCUT2D eigenvalue weighted by Gasteiger charge is -2.00. The number of thioether (sulfide) groups is 1. The summed E-state index contributed by atoms with van der Waals surface area (Å²) in [5.41, 5.74) is 1.38. The van der Waals surface area contributed by atoms with Gasteiger partial charge in [-0.05, 0) is 43.5 Å². The van der Waals surface area contributed by atoms with Crippen LogP contribution in [-0.2, 0) is 6.54 Å². The molecule has 0 aliphatic rings. The molecule has 1 aromatic heterocycles. The van der Waals surface area contributed by atoms with Crippen LogP contribution < -0.4 is 4.80 Å². The van der Waals surface area contributed by atoms with Gasteiger partial charge in [-0.3, -0.25) is 14.9 Å². The fraction of sp³-hybridized carbons (Fsp3) is 0.176. The predicted molar refractivity (Wildman–Crippen MR) is 100 cm³/mol. The van der Waals surface area contributed by atoms with Crippen LogP contribution >= 0.6 is 23.1 Å². The number of carbonyl (C=O) groups is 1. The van der Waals surface area contributed by atoms with Gasteiger partial charge in [0, 0.05) is 29.1 Å². The smallest absolute Gasteiger partial charge is 0.279 e. The van der Waals surface area contributed by atoms with E-state index in [0.717, 1.165) is 15.1 Å². The van der Waals surface area contributed by atoms with Crippen molar-refractivity contribution < 1.29 is 9.72 Å². The number of non-ortho nitro benzene ring substituents is 1. The molecule has 0 saturated carbocycles. The van der Waals surface area contributed by atoms with Gasteiger partial charge in [0.15, 0.2) is 4.80 Å². The Labute approximate surface area is 152 Å². The lowest BCUT2D eigenvalue weighted by molar-refractivity contribution is -0.384. The summed E-state index contributed by atoms with van der Waals surface area (Å²) in [6, 6.07) is 12.0. The number of nitrogens with zero attached hydrogens (tertiary/aromatic N) is 3. The lowest BCUT2D eigenvalue weighted by Crippen LogP contribution is -2.15. The van der Waals surface area contributed by atoms with Crippen molar-refractivity contribution in [1.82, 2.24) is 4.57 Å². The van der Waals surface area contributed by atoms with Crippen LogP contribution in [0.25, 0.3) is 10.2 Å². The summed E-state index contributed by atoms with van der Waals surface area (Å²) in [6.45, 7) is 2.57. The van der Waals surface area contributed by atoms with Crippen LogP contribution in [0, 0.1) is 10.1 Å². The van der Waals surface area contributed by atoms with Crippen LogP contribution in [0.3, 0.4) is 0 Å². The Morgan fingerprint density at radius 1 is 1.28 bits per heavy atom. The van der Waals surface area contributed by atoms with Crippen LogP contribution in [0.1, 0.15) is 17.3 Å². The van der Waals surface area contributed by atoms with Gasteiger partial charge < -0.3 is 4.57 Å². The Hall–Kier alpha value is -2.45. The minimum Gasteiger partial charge on any atom is -0.317 e. The first-order valence-corrected chi connectivity index (χ1v) is 9.58. The second-order valence-electron chi connectivity index (χ2n) is 5.18. The summed E-state index contributed by atoms with van der Waals surface area (Å²) in [7, 11) is 0. The molecule has 0 radical (unpaired) electrons. The molecule has 0 saturated heterocycles. The van der Waals surface area contributed by atoms with Crippen molar-refractivity contribution >= 4 is 44.9 Å². The van der Waals surface area contributed by atoms with Crippen molar-refractivity contribution in [2.45, 2.75) is 18.4 Å². The zero-order valence-corrected chi connectivity index (χ0v) is 15.3. The molecule has 0 N–H and O–H groups in total. The first-order chi connectivity index (χ1) is 12.0. The number of carbonyl (C=O) groups excluding carboxylic acids is 1. The Kier molecular flexibility index (Phi) is 5.00. The van der Waals surface area contributed by atoms with Crippen molar-refractivity contribution in [3.63, 3.8) is 0 Å². The van der Waals surface area contributed by atoms with Gasteiger partial charge in [-0.25, -0.2) is 0 Å². The van der Waals surface area contributed by atoms with E-state index in [4.69, 9.17) is 0 Å². The summed E-state index contributed by atoms with van der Waals surface area (Å²) in [5.74, 6) is -0.323. The highest BCUT2D eigenvalue weighted by molar-refractivity contribution is 7.98. The molecule has 0 fully saturated rings. The molecule has 3 rings (SSSR count). The standard InChI is InChI=1S/C17H15N3O3S2/c1-3-19-14-9-6-12(20(22)23)10-15(14)25-17(19)18-16(21)11-4-7-13(24-2)8-5-11/h4-10H,3H2,1-2H3. The van der Waals surface area contributed by atoms with Crippen molar-refractivity contribution in [3.8, 4) is 0 Å². The summed E-state index contributed by atoms with van der Waals surface area (Å²) in [5, 5.41) is 10.9. The summed E-state index contributed by atoms with van der Waals surface area (Å²) in [4.78, 5) is 28.8. The van der Waals surface area contributed by atoms with E-state index in [1.54, 1.807) is 30.0 Å². The topological polar surface area (TPSA) is 77.5 Å². The third-order valence-electron chi connectivity index (χ3n) is 3.73. The molecule has 0 unspecified atom stereocenters. The predicted octanol–water partition coefficient (Wildman–Crippen LogP) is 4.09. The van der Waals surface area contributed by atoms with Crippen molar-refractivity contribution in [1.29, 1.82) is 0 Å². The van der Waals surface area contributed by atoms with Crippen molar-refractivity contribution in [2.75, 3.05) is 6.26 Å². The number of nitro groups is 1. The molecule has 2 aromatic carbocycles.